The van der Waals surface area contributed by atoms with Gasteiger partial charge in [0.1, 0.15) is 24.9 Å². The van der Waals surface area contributed by atoms with Gasteiger partial charge in [-0.15, -0.1) is 0 Å². The van der Waals surface area contributed by atoms with Gasteiger partial charge >= 0.3 is 0 Å². The summed E-state index contributed by atoms with van der Waals surface area (Å²) in [5.74, 6) is 0.875. The van der Waals surface area contributed by atoms with E-state index in [-0.39, 0.29) is 0 Å². The van der Waals surface area contributed by atoms with Gasteiger partial charge in [0.05, 0.1) is 26.9 Å². The van der Waals surface area contributed by atoms with Crippen LogP contribution >= 0.6 is 12.2 Å². The Kier molecular flexibility index (Phi) is 7.25. The van der Waals surface area contributed by atoms with Crippen molar-refractivity contribution in [3.63, 3.8) is 0 Å². The standard InChI is InChI=1S/C22H29N3O2S/c1-16-4-5-17(2)20(14-16)24-22(28)23-15-21(25-10-12-27-13-11-25)18-6-8-19(26-3)9-7-18/h4-9,14,21H,10-13,15H2,1-3H3,(H2,23,24,28)/p+1/t21-/m1/s1. The van der Waals surface area contributed by atoms with Gasteiger partial charge in [-0.1, -0.05) is 12.1 Å². The van der Waals surface area contributed by atoms with E-state index in [0.29, 0.717) is 11.2 Å². The van der Waals surface area contributed by atoms with Crippen LogP contribution in [0.25, 0.3) is 0 Å². The Morgan fingerprint density at radius 2 is 1.86 bits per heavy atom. The fourth-order valence-corrected chi connectivity index (χ4v) is 3.74. The summed E-state index contributed by atoms with van der Waals surface area (Å²) in [5.41, 5.74) is 4.72. The highest BCUT2D eigenvalue weighted by molar-refractivity contribution is 7.80. The van der Waals surface area contributed by atoms with Crippen molar-refractivity contribution in [3.8, 4) is 5.75 Å². The molecule has 2 aromatic carbocycles. The molecule has 0 amide bonds. The summed E-state index contributed by atoms with van der Waals surface area (Å²) in [5, 5.41) is 7.43. The molecular formula is C22H30N3O2S+. The van der Waals surface area contributed by atoms with Crippen molar-refractivity contribution in [1.29, 1.82) is 0 Å². The third kappa shape index (κ3) is 5.44. The summed E-state index contributed by atoms with van der Waals surface area (Å²) in [6.45, 7) is 8.52. The molecule has 1 atom stereocenters. The number of quaternary nitrogens is 1. The molecule has 0 aromatic heterocycles. The Balaban J connectivity index is 1.68. The maximum atomic E-state index is 5.57. The van der Waals surface area contributed by atoms with Crippen molar-refractivity contribution in [3.05, 3.63) is 59.2 Å². The summed E-state index contributed by atoms with van der Waals surface area (Å²) >= 11 is 5.57. The zero-order valence-corrected chi connectivity index (χ0v) is 17.7. The first kappa shape index (κ1) is 20.6. The highest BCUT2D eigenvalue weighted by Crippen LogP contribution is 2.17. The molecule has 1 heterocycles. The van der Waals surface area contributed by atoms with Crippen LogP contribution in [0.4, 0.5) is 5.69 Å². The quantitative estimate of drug-likeness (QED) is 0.650. The second-order valence-electron chi connectivity index (χ2n) is 7.25. The molecule has 1 saturated heterocycles. The Bertz CT molecular complexity index is 789. The topological polar surface area (TPSA) is 47.0 Å². The predicted octanol–water partition coefficient (Wildman–Crippen LogP) is 2.25. The summed E-state index contributed by atoms with van der Waals surface area (Å²) in [4.78, 5) is 1.51. The molecule has 2 aromatic rings. The Morgan fingerprint density at radius 1 is 1.14 bits per heavy atom. The van der Waals surface area contributed by atoms with E-state index in [4.69, 9.17) is 21.7 Å². The summed E-state index contributed by atoms with van der Waals surface area (Å²) < 4.78 is 10.9. The minimum atomic E-state index is 0.299. The molecule has 5 nitrogen and oxygen atoms in total. The first-order chi connectivity index (χ1) is 13.6. The van der Waals surface area contributed by atoms with Gasteiger partial charge in [-0.2, -0.15) is 0 Å². The van der Waals surface area contributed by atoms with Gasteiger partial charge in [0, 0.05) is 11.3 Å². The van der Waals surface area contributed by atoms with Gasteiger partial charge in [0.15, 0.2) is 5.11 Å². The molecular weight excluding hydrogens is 370 g/mol. The molecule has 0 saturated carbocycles. The van der Waals surface area contributed by atoms with Crippen LogP contribution in [0.3, 0.4) is 0 Å². The molecule has 28 heavy (non-hydrogen) atoms. The summed E-state index contributed by atoms with van der Waals surface area (Å²) in [6.07, 6.45) is 0. The van der Waals surface area contributed by atoms with Crippen molar-refractivity contribution in [2.24, 2.45) is 0 Å². The van der Waals surface area contributed by atoms with E-state index in [9.17, 15) is 0 Å². The number of morpholine rings is 1. The lowest BCUT2D eigenvalue weighted by molar-refractivity contribution is -0.937. The van der Waals surface area contributed by atoms with E-state index in [1.54, 1.807) is 7.11 Å². The molecule has 0 spiro atoms. The zero-order chi connectivity index (χ0) is 19.9. The van der Waals surface area contributed by atoms with Crippen molar-refractivity contribution in [2.75, 3.05) is 45.3 Å². The monoisotopic (exact) mass is 400 g/mol. The van der Waals surface area contributed by atoms with Gasteiger partial charge in [-0.3, -0.25) is 0 Å². The number of benzene rings is 2. The minimum Gasteiger partial charge on any atom is -0.497 e. The van der Waals surface area contributed by atoms with Gasteiger partial charge in [-0.25, -0.2) is 0 Å². The largest absolute Gasteiger partial charge is 0.497 e. The predicted molar refractivity (Wildman–Crippen MR) is 117 cm³/mol. The molecule has 1 aliphatic heterocycles. The van der Waals surface area contributed by atoms with Crippen molar-refractivity contribution >= 4 is 23.0 Å². The molecule has 3 rings (SSSR count). The summed E-state index contributed by atoms with van der Waals surface area (Å²) in [7, 11) is 1.69. The first-order valence-corrected chi connectivity index (χ1v) is 10.2. The van der Waals surface area contributed by atoms with Crippen LogP contribution < -0.4 is 20.3 Å². The third-order valence-corrected chi connectivity index (χ3v) is 5.50. The third-order valence-electron chi connectivity index (χ3n) is 5.25. The Labute approximate surface area is 173 Å². The van der Waals surface area contributed by atoms with Gasteiger partial charge < -0.3 is 25.0 Å². The maximum absolute atomic E-state index is 5.57. The molecule has 1 fully saturated rings. The number of methoxy groups -OCH3 is 1. The van der Waals surface area contributed by atoms with Crippen LogP contribution in [0.15, 0.2) is 42.5 Å². The molecule has 150 valence electrons. The summed E-state index contributed by atoms with van der Waals surface area (Å²) in [6, 6.07) is 15.0. The molecule has 3 N–H and O–H groups in total. The van der Waals surface area contributed by atoms with Crippen LogP contribution in [0.1, 0.15) is 22.7 Å². The lowest BCUT2D eigenvalue weighted by Gasteiger charge is -2.32. The Hall–Kier alpha value is -2.15. The van der Waals surface area contributed by atoms with Gasteiger partial charge in [0.25, 0.3) is 0 Å². The molecule has 0 aliphatic carbocycles. The number of anilines is 1. The van der Waals surface area contributed by atoms with Crippen molar-refractivity contribution in [1.82, 2.24) is 5.32 Å². The van der Waals surface area contributed by atoms with Crippen molar-refractivity contribution < 1.29 is 14.4 Å². The van der Waals surface area contributed by atoms with Crippen LogP contribution in [0.5, 0.6) is 5.75 Å². The minimum absolute atomic E-state index is 0.299. The SMILES string of the molecule is COc1ccc([C@@H](CNC(=S)Nc2cc(C)ccc2C)[NH+]2CCOCC2)cc1. The Morgan fingerprint density at radius 3 is 2.54 bits per heavy atom. The second-order valence-corrected chi connectivity index (χ2v) is 7.66. The van der Waals surface area contributed by atoms with E-state index in [0.717, 1.165) is 44.3 Å². The molecule has 0 bridgehead atoms. The maximum Gasteiger partial charge on any atom is 0.171 e. The molecule has 0 unspecified atom stereocenters. The van der Waals surface area contributed by atoms with Crippen molar-refractivity contribution in [2.45, 2.75) is 19.9 Å². The zero-order valence-electron chi connectivity index (χ0n) is 16.9. The number of aryl methyl sites for hydroxylation is 2. The molecule has 6 heteroatoms. The molecule has 1 aliphatic rings. The van der Waals surface area contributed by atoms with Crippen LogP contribution in [-0.2, 0) is 4.74 Å². The second kappa shape index (κ2) is 9.87. The fraction of sp³-hybridized carbons (Fsp3) is 0.409. The van der Waals surface area contributed by atoms with E-state index in [1.165, 1.54) is 21.6 Å². The van der Waals surface area contributed by atoms with Crippen LogP contribution in [0, 0.1) is 13.8 Å². The fourth-order valence-electron chi connectivity index (χ4n) is 3.55. The lowest BCUT2D eigenvalue weighted by Crippen LogP contribution is -3.15. The van der Waals surface area contributed by atoms with E-state index < -0.39 is 0 Å². The highest BCUT2D eigenvalue weighted by atomic mass is 32.1. The molecule has 0 radical (unpaired) electrons. The van der Waals surface area contributed by atoms with Gasteiger partial charge in [0.2, 0.25) is 0 Å². The number of hydrogen-bond acceptors (Lipinski definition) is 3. The van der Waals surface area contributed by atoms with E-state index in [2.05, 4.69) is 54.8 Å². The first-order valence-electron chi connectivity index (χ1n) is 9.75. The average molecular weight is 401 g/mol. The number of ether oxygens (including phenoxy) is 2. The van der Waals surface area contributed by atoms with Gasteiger partial charge in [-0.05, 0) is 67.5 Å². The number of thiocarbonyl (C=S) groups is 1. The van der Waals surface area contributed by atoms with E-state index >= 15 is 0 Å². The number of hydrogen-bond donors (Lipinski definition) is 3. The number of rotatable bonds is 6. The van der Waals surface area contributed by atoms with E-state index in [1.807, 2.05) is 12.1 Å². The van der Waals surface area contributed by atoms with Crippen LogP contribution in [-0.4, -0.2) is 45.1 Å². The highest BCUT2D eigenvalue weighted by Gasteiger charge is 2.26. The lowest BCUT2D eigenvalue weighted by atomic mass is 10.0. The smallest absolute Gasteiger partial charge is 0.171 e. The normalized spacial score (nSPS) is 15.7. The number of nitrogens with one attached hydrogen (secondary N) is 3. The van der Waals surface area contributed by atoms with Crippen LogP contribution in [0.2, 0.25) is 0 Å². The average Bonchev–Trinajstić information content (AvgIpc) is 2.72.